The molecule has 3 N–H and O–H groups in total. The Morgan fingerprint density at radius 3 is 2.21 bits per heavy atom. The van der Waals surface area contributed by atoms with E-state index in [9.17, 15) is 29.2 Å². The van der Waals surface area contributed by atoms with Gasteiger partial charge in [-0.1, -0.05) is 0 Å². The number of ether oxygens (including phenoxy) is 5. The van der Waals surface area contributed by atoms with Gasteiger partial charge < -0.3 is 44.1 Å². The van der Waals surface area contributed by atoms with Gasteiger partial charge in [0, 0.05) is 0 Å². The second-order valence-electron chi connectivity index (χ2n) is 10.00. The number of rotatable bonds is 12. The number of halogens is 1. The topological polar surface area (TPSA) is 223 Å². The van der Waals surface area contributed by atoms with E-state index in [2.05, 4.69) is 24.8 Å². The third-order valence-corrected chi connectivity index (χ3v) is 7.03. The second kappa shape index (κ2) is 13.2. The fraction of sp³-hybridized carbons (Fsp3) is 0.773. The average Bonchev–Trinajstić information content (AvgIpc) is 3.35. The van der Waals surface area contributed by atoms with Crippen molar-refractivity contribution in [1.82, 2.24) is 10.2 Å². The van der Waals surface area contributed by atoms with Gasteiger partial charge in [0.1, 0.15) is 24.1 Å². The molecule has 3 aliphatic rings. The minimum Gasteiger partial charge on any atom is -0.432 e. The molecule has 0 saturated carbocycles. The van der Waals surface area contributed by atoms with Crippen LogP contribution in [0, 0.1) is 0 Å². The predicted octanol–water partition coefficient (Wildman–Crippen LogP) is 0.903. The summed E-state index contributed by atoms with van der Waals surface area (Å²) in [6.07, 6.45) is -7.41. The molecule has 3 heterocycles. The molecule has 2 unspecified atom stereocenters. The molecule has 0 aromatic heterocycles. The number of aliphatic imine (C=N–C) groups is 2. The van der Waals surface area contributed by atoms with Gasteiger partial charge in [0.15, 0.2) is 18.4 Å². The summed E-state index contributed by atoms with van der Waals surface area (Å²) in [5.41, 5.74) is -2.35. The molecule has 1 amide bonds. The van der Waals surface area contributed by atoms with Crippen LogP contribution < -0.4 is 5.32 Å². The first-order chi connectivity index (χ1) is 19.5. The van der Waals surface area contributed by atoms with Crippen molar-refractivity contribution in [3.63, 3.8) is 0 Å². The number of hydrogen-bond acceptors (Lipinski definition) is 17. The minimum absolute atomic E-state index is 0.235. The molecule has 42 heavy (non-hydrogen) atoms. The van der Waals surface area contributed by atoms with Crippen LogP contribution in [0.5, 0.6) is 0 Å². The average molecular weight is 629 g/mol. The Kier molecular flexibility index (Phi) is 10.5. The van der Waals surface area contributed by atoms with Crippen LogP contribution >= 0.6 is 7.82 Å². The quantitative estimate of drug-likeness (QED) is 0.155. The first kappa shape index (κ1) is 33.6. The number of alkyl halides is 1. The molecule has 0 aromatic rings. The van der Waals surface area contributed by atoms with Crippen molar-refractivity contribution in [3.8, 4) is 0 Å². The Bertz CT molecular complexity index is 1100. The molecule has 6 atom stereocenters. The molecule has 0 radical (unpaired) electrons. The van der Waals surface area contributed by atoms with Crippen LogP contribution in [-0.4, -0.2) is 114 Å². The van der Waals surface area contributed by atoms with Crippen LogP contribution in [0.4, 0.5) is 14.0 Å². The van der Waals surface area contributed by atoms with Crippen molar-refractivity contribution in [2.24, 2.45) is 9.98 Å². The van der Waals surface area contributed by atoms with E-state index < -0.39 is 94.4 Å². The Morgan fingerprint density at radius 2 is 1.69 bits per heavy atom. The van der Waals surface area contributed by atoms with Crippen LogP contribution in [-0.2, 0) is 46.6 Å². The number of nitrogens with one attached hydrogen (secondary N) is 1. The van der Waals surface area contributed by atoms with E-state index in [1.807, 2.05) is 0 Å². The highest BCUT2D eigenvalue weighted by Gasteiger charge is 2.66. The second-order valence-corrected chi connectivity index (χ2v) is 11.7. The van der Waals surface area contributed by atoms with Gasteiger partial charge in [0.25, 0.3) is 11.8 Å². The van der Waals surface area contributed by atoms with Crippen molar-refractivity contribution < 1.29 is 70.8 Å². The lowest BCUT2D eigenvalue weighted by molar-refractivity contribution is -0.211. The van der Waals surface area contributed by atoms with Crippen LogP contribution in [0.15, 0.2) is 9.98 Å². The summed E-state index contributed by atoms with van der Waals surface area (Å²) in [7, 11) is -4.94. The number of phosphoric acid groups is 1. The number of phosphoric ester groups is 1. The van der Waals surface area contributed by atoms with E-state index >= 15 is 4.39 Å². The summed E-state index contributed by atoms with van der Waals surface area (Å²) >= 11 is 0. The summed E-state index contributed by atoms with van der Waals surface area (Å²) in [6.45, 7) is 5.17. The SMILES string of the molecule is CC1=NC2C(N=CN2[C@@H]2O[C@](F)(COP(=O)(OCOC(=O)OC(C)C)OCOC(=O)OC(C)C)[C@@H](O)[C@@]2(C)O)C(=O)N1. The number of nitrogens with zero attached hydrogens (tertiary/aromatic N) is 3. The Labute approximate surface area is 239 Å². The van der Waals surface area contributed by atoms with Gasteiger partial charge in [-0.15, -0.1) is 0 Å². The molecule has 3 aliphatic heterocycles. The van der Waals surface area contributed by atoms with Crippen molar-refractivity contribution in [1.29, 1.82) is 0 Å². The van der Waals surface area contributed by atoms with Gasteiger partial charge in [0.2, 0.25) is 13.6 Å². The zero-order chi connectivity index (χ0) is 31.5. The normalized spacial score (nSPS) is 30.7. The third kappa shape index (κ3) is 7.91. The summed E-state index contributed by atoms with van der Waals surface area (Å²) in [6, 6.07) is -1.03. The predicted molar refractivity (Wildman–Crippen MR) is 135 cm³/mol. The molecule has 0 spiro atoms. The number of carbonyl (C=O) groups excluding carboxylic acids is 3. The fourth-order valence-corrected chi connectivity index (χ4v) is 4.83. The summed E-state index contributed by atoms with van der Waals surface area (Å²) in [5, 5.41) is 24.2. The van der Waals surface area contributed by atoms with Gasteiger partial charge in [0.05, 0.1) is 18.5 Å². The Balaban J connectivity index is 1.71. The standard InChI is InChI=1S/C22H34FN4O14P/c1-11(2)39-19(30)34-9-37-42(33,38-10-35-20(31)40-12(3)4)36-7-22(23)17(29)21(6,32)18(41-22)27-8-24-14-15(27)25-13(5)26-16(14)28/h8,11-12,14-15,17-18,29,32H,7,9-10H2,1-6H3,(H,25,26,28)/t14?,15?,17-,18+,21+,22+/m0/s1. The van der Waals surface area contributed by atoms with E-state index in [0.29, 0.717) is 0 Å². The number of carbonyl (C=O) groups is 3. The number of aliphatic hydroxyl groups is 2. The fourth-order valence-electron chi connectivity index (χ4n) is 3.91. The molecule has 20 heteroatoms. The van der Waals surface area contributed by atoms with E-state index in [1.165, 1.54) is 34.6 Å². The van der Waals surface area contributed by atoms with Crippen molar-refractivity contribution in [2.45, 2.75) is 89.7 Å². The van der Waals surface area contributed by atoms with Crippen LogP contribution in [0.3, 0.4) is 0 Å². The molecule has 0 aromatic carbocycles. The largest absolute Gasteiger partial charge is 0.510 e. The molecular weight excluding hydrogens is 594 g/mol. The van der Waals surface area contributed by atoms with E-state index in [1.54, 1.807) is 0 Å². The van der Waals surface area contributed by atoms with Gasteiger partial charge >= 0.3 is 20.1 Å². The number of aliphatic hydroxyl groups excluding tert-OH is 1. The summed E-state index contributed by atoms with van der Waals surface area (Å²) < 4.78 is 67.9. The zero-order valence-electron chi connectivity index (χ0n) is 23.6. The molecule has 1 saturated heterocycles. The third-order valence-electron chi connectivity index (χ3n) is 5.75. The highest BCUT2D eigenvalue weighted by molar-refractivity contribution is 7.48. The minimum atomic E-state index is -4.94. The van der Waals surface area contributed by atoms with E-state index in [-0.39, 0.29) is 5.84 Å². The first-order valence-corrected chi connectivity index (χ1v) is 14.1. The first-order valence-electron chi connectivity index (χ1n) is 12.6. The van der Waals surface area contributed by atoms with Crippen LogP contribution in [0.2, 0.25) is 0 Å². The molecule has 238 valence electrons. The zero-order valence-corrected chi connectivity index (χ0v) is 24.5. The maximum atomic E-state index is 16.0. The number of amidine groups is 1. The summed E-state index contributed by atoms with van der Waals surface area (Å²) in [4.78, 5) is 44.9. The Morgan fingerprint density at radius 1 is 1.14 bits per heavy atom. The Hall–Kier alpha value is -2.93. The van der Waals surface area contributed by atoms with Gasteiger partial charge in [-0.05, 0) is 41.5 Å². The van der Waals surface area contributed by atoms with Gasteiger partial charge in [-0.2, -0.15) is 0 Å². The van der Waals surface area contributed by atoms with Gasteiger partial charge in [-0.25, -0.2) is 32.6 Å². The molecule has 3 rings (SSSR count). The number of amides is 1. The van der Waals surface area contributed by atoms with Crippen molar-refractivity contribution >= 4 is 38.2 Å². The number of fused-ring (bicyclic) bond motifs is 1. The smallest absolute Gasteiger partial charge is 0.432 e. The maximum absolute atomic E-state index is 16.0. The maximum Gasteiger partial charge on any atom is 0.510 e. The molecule has 0 bridgehead atoms. The van der Waals surface area contributed by atoms with Crippen LogP contribution in [0.1, 0.15) is 41.5 Å². The van der Waals surface area contributed by atoms with E-state index in [4.69, 9.17) is 27.8 Å². The van der Waals surface area contributed by atoms with Crippen molar-refractivity contribution in [3.05, 3.63) is 0 Å². The molecule has 18 nitrogen and oxygen atoms in total. The highest BCUT2D eigenvalue weighted by Crippen LogP contribution is 2.52. The molecule has 0 aliphatic carbocycles. The van der Waals surface area contributed by atoms with Gasteiger partial charge in [-0.3, -0.25) is 14.3 Å². The molecular formula is C22H34FN4O14P. The highest BCUT2D eigenvalue weighted by atomic mass is 31.2. The lowest BCUT2D eigenvalue weighted by Crippen LogP contribution is -2.58. The van der Waals surface area contributed by atoms with Crippen molar-refractivity contribution in [2.75, 3.05) is 20.2 Å². The molecule has 1 fully saturated rings. The monoisotopic (exact) mass is 628 g/mol. The van der Waals surface area contributed by atoms with Crippen LogP contribution in [0.25, 0.3) is 0 Å². The van der Waals surface area contributed by atoms with E-state index in [0.717, 1.165) is 18.2 Å². The lowest BCUT2D eigenvalue weighted by atomic mass is 9.94. The summed E-state index contributed by atoms with van der Waals surface area (Å²) in [5.74, 6) is -3.51. The number of hydrogen-bond donors (Lipinski definition) is 3. The lowest BCUT2D eigenvalue weighted by Gasteiger charge is -2.36.